The number of benzene rings is 3. The van der Waals surface area contributed by atoms with Crippen LogP contribution in [0.5, 0.6) is 17.2 Å². The summed E-state index contributed by atoms with van der Waals surface area (Å²) < 4.78 is 10.9. The molecule has 0 spiro atoms. The zero-order valence-corrected chi connectivity index (χ0v) is 15.9. The van der Waals surface area contributed by atoms with Crippen molar-refractivity contribution in [3.05, 3.63) is 88.5 Å². The van der Waals surface area contributed by atoms with Gasteiger partial charge in [0, 0.05) is 22.8 Å². The Morgan fingerprint density at radius 3 is 2.38 bits per heavy atom. The third-order valence-corrected chi connectivity index (χ3v) is 5.03. The second-order valence-corrected chi connectivity index (χ2v) is 6.61. The van der Waals surface area contributed by atoms with Gasteiger partial charge < -0.3 is 19.9 Å². The third-order valence-electron chi connectivity index (χ3n) is 5.03. The molecule has 1 heterocycles. The second-order valence-electron chi connectivity index (χ2n) is 6.61. The van der Waals surface area contributed by atoms with Gasteiger partial charge in [0.2, 0.25) is 0 Å². The minimum atomic E-state index is -0.669. The number of carbonyl (C=O) groups is 2. The number of nitrogens with one attached hydrogen (secondary N) is 1. The summed E-state index contributed by atoms with van der Waals surface area (Å²) in [6, 6.07) is 16.4. The highest BCUT2D eigenvalue weighted by atomic mass is 16.5. The molecule has 29 heavy (non-hydrogen) atoms. The molecule has 1 aliphatic heterocycles. The van der Waals surface area contributed by atoms with Crippen molar-refractivity contribution in [3.63, 3.8) is 0 Å². The van der Waals surface area contributed by atoms with Gasteiger partial charge in [0.05, 0.1) is 25.8 Å². The van der Waals surface area contributed by atoms with E-state index in [0.29, 0.717) is 22.3 Å². The van der Waals surface area contributed by atoms with Crippen molar-refractivity contribution in [2.75, 3.05) is 14.2 Å². The minimum absolute atomic E-state index is 0.0656. The van der Waals surface area contributed by atoms with Crippen molar-refractivity contribution < 1.29 is 24.2 Å². The van der Waals surface area contributed by atoms with E-state index < -0.39 is 6.04 Å². The molecule has 0 saturated heterocycles. The van der Waals surface area contributed by atoms with E-state index in [-0.39, 0.29) is 34.5 Å². The maximum Gasteiger partial charge on any atom is 0.252 e. The van der Waals surface area contributed by atoms with Crippen molar-refractivity contribution in [1.82, 2.24) is 5.32 Å². The highest BCUT2D eigenvalue weighted by Gasteiger charge is 2.37. The number of rotatable bonds is 5. The molecule has 0 aromatic heterocycles. The number of phenols is 1. The van der Waals surface area contributed by atoms with Gasteiger partial charge >= 0.3 is 0 Å². The van der Waals surface area contributed by atoms with Crippen LogP contribution >= 0.6 is 0 Å². The number of hydrogen-bond acceptors (Lipinski definition) is 5. The largest absolute Gasteiger partial charge is 0.507 e. The second kappa shape index (κ2) is 7.31. The molecule has 1 aliphatic rings. The highest BCUT2D eigenvalue weighted by molar-refractivity contribution is 6.13. The van der Waals surface area contributed by atoms with Gasteiger partial charge in [-0.25, -0.2) is 0 Å². The molecule has 0 fully saturated rings. The number of fused-ring (bicyclic) bond motifs is 1. The number of ketones is 1. The highest BCUT2D eigenvalue weighted by Crippen LogP contribution is 2.46. The molecule has 1 amide bonds. The molecule has 6 nitrogen and oxygen atoms in total. The summed E-state index contributed by atoms with van der Waals surface area (Å²) in [7, 11) is 2.90. The Hall–Kier alpha value is -3.80. The van der Waals surface area contributed by atoms with Crippen LogP contribution in [0.1, 0.15) is 43.4 Å². The number of hydrogen-bond donors (Lipinski definition) is 2. The predicted octanol–water partition coefficient (Wildman–Crippen LogP) is 3.47. The quantitative estimate of drug-likeness (QED) is 0.653. The van der Waals surface area contributed by atoms with E-state index in [0.717, 1.165) is 0 Å². The summed E-state index contributed by atoms with van der Waals surface area (Å²) >= 11 is 0. The van der Waals surface area contributed by atoms with Crippen LogP contribution < -0.4 is 14.8 Å². The van der Waals surface area contributed by atoms with Crippen LogP contribution in [0.3, 0.4) is 0 Å². The number of methoxy groups -OCH3 is 2. The van der Waals surface area contributed by atoms with Crippen LogP contribution in [0, 0.1) is 0 Å². The maximum atomic E-state index is 13.3. The van der Waals surface area contributed by atoms with Crippen LogP contribution in [0.15, 0.2) is 60.7 Å². The summed E-state index contributed by atoms with van der Waals surface area (Å²) in [4.78, 5) is 25.8. The van der Waals surface area contributed by atoms with E-state index in [1.807, 2.05) is 12.1 Å². The Morgan fingerprint density at radius 1 is 1.00 bits per heavy atom. The van der Waals surface area contributed by atoms with Crippen LogP contribution in [-0.2, 0) is 0 Å². The standard InChI is InChI=1S/C23H19NO5/c1-28-17-12-16(25)18(21(26)13-8-4-3-5-9-13)19(22(17)29-2)20-14-10-6-7-11-15(14)23(27)24-20/h3-12,20,25H,1-2H3,(H,24,27). The van der Waals surface area contributed by atoms with Crippen LogP contribution in [0.2, 0.25) is 0 Å². The van der Waals surface area contributed by atoms with Crippen LogP contribution in [0.25, 0.3) is 0 Å². The molecule has 1 unspecified atom stereocenters. The first-order valence-electron chi connectivity index (χ1n) is 9.04. The van der Waals surface area contributed by atoms with Gasteiger partial charge in [-0.3, -0.25) is 9.59 Å². The van der Waals surface area contributed by atoms with Gasteiger partial charge in [-0.05, 0) is 11.6 Å². The fraction of sp³-hybridized carbons (Fsp3) is 0.130. The topological polar surface area (TPSA) is 84.9 Å². The molecule has 146 valence electrons. The van der Waals surface area contributed by atoms with Crippen molar-refractivity contribution in [1.29, 1.82) is 0 Å². The van der Waals surface area contributed by atoms with Crippen LogP contribution in [-0.4, -0.2) is 31.0 Å². The first-order valence-corrected chi connectivity index (χ1v) is 9.04. The Labute approximate surface area is 167 Å². The van der Waals surface area contributed by atoms with E-state index in [4.69, 9.17) is 9.47 Å². The molecule has 0 aliphatic carbocycles. The molecule has 4 rings (SSSR count). The average molecular weight is 389 g/mol. The number of carbonyl (C=O) groups excluding carboxylic acids is 2. The molecular weight excluding hydrogens is 370 g/mol. The lowest BCUT2D eigenvalue weighted by atomic mass is 9.89. The Bertz CT molecular complexity index is 1110. The Balaban J connectivity index is 2.01. The first kappa shape index (κ1) is 18.6. The van der Waals surface area contributed by atoms with Gasteiger partial charge in [-0.1, -0.05) is 48.5 Å². The molecule has 2 N–H and O–H groups in total. The monoisotopic (exact) mass is 389 g/mol. The van der Waals surface area contributed by atoms with Gasteiger partial charge in [0.1, 0.15) is 5.75 Å². The third kappa shape index (κ3) is 2.99. The Morgan fingerprint density at radius 2 is 1.69 bits per heavy atom. The van der Waals surface area contributed by atoms with E-state index in [1.165, 1.54) is 20.3 Å². The Kier molecular flexibility index (Phi) is 4.68. The predicted molar refractivity (Wildman–Crippen MR) is 107 cm³/mol. The molecule has 3 aromatic carbocycles. The minimum Gasteiger partial charge on any atom is -0.507 e. The number of ether oxygens (including phenoxy) is 2. The lowest BCUT2D eigenvalue weighted by Crippen LogP contribution is -2.23. The van der Waals surface area contributed by atoms with E-state index in [2.05, 4.69) is 5.32 Å². The summed E-state index contributed by atoms with van der Waals surface area (Å²) in [5.41, 5.74) is 2.05. The van der Waals surface area contributed by atoms with Crippen LogP contribution in [0.4, 0.5) is 0 Å². The molecule has 3 aromatic rings. The smallest absolute Gasteiger partial charge is 0.252 e. The maximum absolute atomic E-state index is 13.3. The summed E-state index contributed by atoms with van der Waals surface area (Å²) in [5, 5.41) is 13.7. The molecular formula is C23H19NO5. The molecule has 0 radical (unpaired) electrons. The van der Waals surface area contributed by atoms with Gasteiger partial charge in [-0.2, -0.15) is 0 Å². The average Bonchev–Trinajstić information content (AvgIpc) is 3.09. The van der Waals surface area contributed by atoms with Crippen molar-refractivity contribution in [2.24, 2.45) is 0 Å². The van der Waals surface area contributed by atoms with E-state index in [9.17, 15) is 14.7 Å². The van der Waals surface area contributed by atoms with Gasteiger partial charge in [0.15, 0.2) is 17.3 Å². The molecule has 6 heteroatoms. The van der Waals surface area contributed by atoms with Crippen molar-refractivity contribution in [3.8, 4) is 17.2 Å². The first-order chi connectivity index (χ1) is 14.1. The molecule has 0 bridgehead atoms. The van der Waals surface area contributed by atoms with Gasteiger partial charge in [-0.15, -0.1) is 0 Å². The fourth-order valence-corrected chi connectivity index (χ4v) is 3.73. The molecule has 1 atom stereocenters. The lowest BCUT2D eigenvalue weighted by Gasteiger charge is -2.22. The van der Waals surface area contributed by atoms with Gasteiger partial charge in [0.25, 0.3) is 5.91 Å². The summed E-state index contributed by atoms with van der Waals surface area (Å²) in [6.45, 7) is 0. The van der Waals surface area contributed by atoms with E-state index >= 15 is 0 Å². The SMILES string of the molecule is COc1cc(O)c(C(=O)c2ccccc2)c(C2NC(=O)c3ccccc32)c1OC. The van der Waals surface area contributed by atoms with Crippen molar-refractivity contribution in [2.45, 2.75) is 6.04 Å². The summed E-state index contributed by atoms with van der Waals surface area (Å²) in [5.74, 6) is -0.328. The zero-order chi connectivity index (χ0) is 20.5. The van der Waals surface area contributed by atoms with Crippen molar-refractivity contribution >= 4 is 11.7 Å². The molecule has 0 saturated carbocycles. The normalized spacial score (nSPS) is 14.8. The lowest BCUT2D eigenvalue weighted by molar-refractivity contribution is 0.0956. The number of amides is 1. The number of phenolic OH excluding ortho intramolecular Hbond substituents is 1. The number of aromatic hydroxyl groups is 1. The zero-order valence-electron chi connectivity index (χ0n) is 15.9. The summed E-state index contributed by atoms with van der Waals surface area (Å²) in [6.07, 6.45) is 0. The fourth-order valence-electron chi connectivity index (χ4n) is 3.73. The van der Waals surface area contributed by atoms with E-state index in [1.54, 1.807) is 42.5 Å².